The number of nitrogens with one attached hydrogen (secondary N) is 2. The molecule has 346 valence electrons. The van der Waals surface area contributed by atoms with Gasteiger partial charge in [0.2, 0.25) is 29.6 Å². The number of hydrogen-bond acceptors (Lipinski definition) is 10. The molecule has 4 aliphatic heterocycles. The predicted octanol–water partition coefficient (Wildman–Crippen LogP) is 4.30. The fourth-order valence-corrected chi connectivity index (χ4v) is 12.6. The highest BCUT2D eigenvalue weighted by molar-refractivity contribution is 7.86. The molecule has 3 unspecified atom stereocenters. The normalized spacial score (nSPS) is 24.1. The van der Waals surface area contributed by atoms with Crippen LogP contribution < -0.4 is 21.2 Å². The predicted molar refractivity (Wildman–Crippen MR) is 242 cm³/mol. The van der Waals surface area contributed by atoms with Crippen LogP contribution in [0.1, 0.15) is 133 Å². The zero-order valence-electron chi connectivity index (χ0n) is 37.6. The highest BCUT2D eigenvalue weighted by Gasteiger charge is 2.62. The van der Waals surface area contributed by atoms with E-state index in [0.717, 1.165) is 106 Å². The fraction of sp³-hybridized carbons (Fsp3) is 0.674. The van der Waals surface area contributed by atoms with Gasteiger partial charge in [0, 0.05) is 77.0 Å². The zero-order valence-corrected chi connectivity index (χ0v) is 38.4. The second kappa shape index (κ2) is 17.9. The van der Waals surface area contributed by atoms with Gasteiger partial charge in [-0.15, -0.1) is 0 Å². The fourth-order valence-electron chi connectivity index (χ4n) is 10.9. The first-order chi connectivity index (χ1) is 30.8. The van der Waals surface area contributed by atoms with Gasteiger partial charge in [0.1, 0.15) is 11.9 Å². The Bertz CT molecular complexity index is 2470. The number of carbonyl (C=O) groups excluding carboxylic acids is 4. The van der Waals surface area contributed by atoms with E-state index in [-0.39, 0.29) is 48.0 Å². The van der Waals surface area contributed by atoms with E-state index in [1.54, 1.807) is 27.9 Å². The van der Waals surface area contributed by atoms with Gasteiger partial charge in [0.25, 0.3) is 10.2 Å². The minimum atomic E-state index is -3.63. The molecule has 9 rings (SSSR count). The number of benzene rings is 1. The van der Waals surface area contributed by atoms with Gasteiger partial charge >= 0.3 is 5.69 Å². The van der Waals surface area contributed by atoms with Crippen molar-refractivity contribution in [2.45, 2.75) is 152 Å². The summed E-state index contributed by atoms with van der Waals surface area (Å²) in [6, 6.07) is 5.34. The lowest BCUT2D eigenvalue weighted by Gasteiger charge is -2.45. The number of imide groups is 1. The van der Waals surface area contributed by atoms with E-state index in [1.807, 2.05) is 29.3 Å². The molecule has 2 saturated carbocycles. The zero-order chi connectivity index (χ0) is 44.9. The number of piperidine rings is 2. The van der Waals surface area contributed by atoms with Crippen molar-refractivity contribution < 1.29 is 27.6 Å². The SMILES string of the molecule is CC1CCCC1N1C(=O)C2(CC2)c2cnc(NC3CCN(S(=O)(=O)N4CC(N(C)C(=O)CCCCCCCCCc5ccc6c(c5)n(C)c(=O)n6C5CCC(=O)NC5=O)C4)CC3)nc21. The molecule has 3 aromatic rings. The van der Waals surface area contributed by atoms with Crippen molar-refractivity contribution in [2.75, 3.05) is 43.4 Å². The van der Waals surface area contributed by atoms with E-state index in [4.69, 9.17) is 4.98 Å². The lowest BCUT2D eigenvalue weighted by Crippen LogP contribution is -2.64. The van der Waals surface area contributed by atoms with E-state index in [1.165, 1.54) is 8.87 Å². The Morgan fingerprint density at radius 2 is 1.64 bits per heavy atom. The van der Waals surface area contributed by atoms with Crippen LogP contribution in [0, 0.1) is 5.92 Å². The van der Waals surface area contributed by atoms with Crippen LogP contribution in [-0.2, 0) is 48.3 Å². The quantitative estimate of drug-likeness (QED) is 0.146. The van der Waals surface area contributed by atoms with Crippen LogP contribution in [0.5, 0.6) is 0 Å². The number of aryl methyl sites for hydroxylation is 2. The van der Waals surface area contributed by atoms with Crippen molar-refractivity contribution >= 4 is 56.6 Å². The Balaban J connectivity index is 0.649. The van der Waals surface area contributed by atoms with E-state index >= 15 is 0 Å². The highest BCUT2D eigenvalue weighted by atomic mass is 32.2. The van der Waals surface area contributed by atoms with Crippen molar-refractivity contribution in [3.63, 3.8) is 0 Å². The van der Waals surface area contributed by atoms with Crippen LogP contribution in [0.25, 0.3) is 11.0 Å². The molecule has 2 aromatic heterocycles. The first kappa shape index (κ1) is 44.5. The summed E-state index contributed by atoms with van der Waals surface area (Å²) in [5, 5.41) is 5.81. The summed E-state index contributed by atoms with van der Waals surface area (Å²) in [4.78, 5) is 77.1. The van der Waals surface area contributed by atoms with Crippen LogP contribution in [0.4, 0.5) is 11.8 Å². The molecular formula is C46H64N10O7S. The number of likely N-dealkylation sites (N-methyl/N-ethyl adjacent to an activating group) is 1. The van der Waals surface area contributed by atoms with E-state index in [0.29, 0.717) is 69.2 Å². The number of amides is 4. The maximum Gasteiger partial charge on any atom is 0.329 e. The van der Waals surface area contributed by atoms with Crippen molar-refractivity contribution in [1.29, 1.82) is 0 Å². The molecule has 1 aromatic carbocycles. The van der Waals surface area contributed by atoms with E-state index < -0.39 is 27.6 Å². The number of imidazole rings is 1. The van der Waals surface area contributed by atoms with Crippen molar-refractivity contribution in [3.8, 4) is 0 Å². The van der Waals surface area contributed by atoms with Gasteiger partial charge in [0.05, 0.1) is 22.5 Å². The lowest BCUT2D eigenvalue weighted by molar-refractivity contribution is -0.136. The number of fused-ring (bicyclic) bond motifs is 3. The minimum absolute atomic E-state index is 0.0196. The Hall–Kier alpha value is -4.68. The summed E-state index contributed by atoms with van der Waals surface area (Å²) in [7, 11) is -0.133. The van der Waals surface area contributed by atoms with Crippen molar-refractivity contribution in [2.24, 2.45) is 13.0 Å². The first-order valence-corrected chi connectivity index (χ1v) is 25.2. The van der Waals surface area contributed by atoms with Gasteiger partial charge in [-0.05, 0) is 87.8 Å². The molecule has 6 aliphatic rings. The van der Waals surface area contributed by atoms with Gasteiger partial charge in [-0.2, -0.15) is 22.0 Å². The number of hydrogen-bond donors (Lipinski definition) is 2. The molecule has 6 heterocycles. The number of rotatable bonds is 17. The number of carbonyl (C=O) groups is 4. The summed E-state index contributed by atoms with van der Waals surface area (Å²) >= 11 is 0. The molecule has 4 amide bonds. The average molecular weight is 901 g/mol. The van der Waals surface area contributed by atoms with Crippen LogP contribution in [-0.4, -0.2) is 116 Å². The number of anilines is 2. The largest absolute Gasteiger partial charge is 0.351 e. The smallest absolute Gasteiger partial charge is 0.329 e. The maximum absolute atomic E-state index is 13.6. The van der Waals surface area contributed by atoms with Gasteiger partial charge in [0.15, 0.2) is 0 Å². The summed E-state index contributed by atoms with van der Waals surface area (Å²) in [6.45, 7) is 3.62. The lowest BCUT2D eigenvalue weighted by atomic mass is 10.0. The van der Waals surface area contributed by atoms with Gasteiger partial charge in [-0.3, -0.25) is 38.5 Å². The summed E-state index contributed by atoms with van der Waals surface area (Å²) in [6.07, 6.45) is 17.1. The highest BCUT2D eigenvalue weighted by Crippen LogP contribution is 2.58. The van der Waals surface area contributed by atoms with E-state index in [2.05, 4.69) is 22.5 Å². The number of nitrogens with zero attached hydrogens (tertiary/aromatic N) is 8. The summed E-state index contributed by atoms with van der Waals surface area (Å²) in [5.41, 5.74) is 2.90. The van der Waals surface area contributed by atoms with Crippen molar-refractivity contribution in [3.05, 3.63) is 46.0 Å². The second-order valence-electron chi connectivity index (χ2n) is 19.4. The Morgan fingerprint density at radius 1 is 0.922 bits per heavy atom. The molecule has 17 nitrogen and oxygen atoms in total. The van der Waals surface area contributed by atoms with Crippen LogP contribution in [0.2, 0.25) is 0 Å². The summed E-state index contributed by atoms with van der Waals surface area (Å²) in [5.74, 6) is 1.21. The number of aromatic nitrogens is 4. The standard InChI is InChI=1S/C46H64N10O7S/c1-30-12-11-14-35(30)56-41-34(46(22-23-46)43(56)60)27-47-44(50-41)48-32-20-24-53(25-21-32)64(62,63)54-28-33(29-54)51(2)40(58)15-10-8-6-4-5-7-9-13-31-16-17-36-38(26-31)52(3)45(61)55(36)37-18-19-39(57)49-42(37)59/h16-17,26-27,30,32-33,35,37H,4-15,18-25,28-29H2,1-3H3,(H,47,48,50)(H,49,57,59). The van der Waals surface area contributed by atoms with Crippen molar-refractivity contribution in [1.82, 2.24) is 37.9 Å². The molecule has 2 aliphatic carbocycles. The molecular weight excluding hydrogens is 837 g/mol. The maximum atomic E-state index is 13.6. The minimum Gasteiger partial charge on any atom is -0.351 e. The Morgan fingerprint density at radius 3 is 2.33 bits per heavy atom. The first-order valence-electron chi connectivity index (χ1n) is 23.8. The van der Waals surface area contributed by atoms with Crippen LogP contribution in [0.15, 0.2) is 29.2 Å². The topological polar surface area (TPSA) is 192 Å². The average Bonchev–Trinajstić information content (AvgIpc) is 3.83. The third-order valence-corrected chi connectivity index (χ3v) is 17.2. The molecule has 64 heavy (non-hydrogen) atoms. The molecule has 18 heteroatoms. The molecule has 3 atom stereocenters. The van der Waals surface area contributed by atoms with Gasteiger partial charge in [-0.1, -0.05) is 51.5 Å². The molecule has 1 spiro atoms. The van der Waals surface area contributed by atoms with Gasteiger partial charge < -0.3 is 10.2 Å². The number of unbranched alkanes of at least 4 members (excludes halogenated alkanes) is 6. The molecule has 0 bridgehead atoms. The Labute approximate surface area is 375 Å². The monoisotopic (exact) mass is 900 g/mol. The van der Waals surface area contributed by atoms with Crippen LogP contribution >= 0.6 is 0 Å². The molecule has 0 radical (unpaired) electrons. The molecule has 3 saturated heterocycles. The summed E-state index contributed by atoms with van der Waals surface area (Å²) < 4.78 is 33.3. The molecule has 2 N–H and O–H groups in total. The third-order valence-electron chi connectivity index (χ3n) is 15.3. The van der Waals surface area contributed by atoms with E-state index in [9.17, 15) is 32.4 Å². The second-order valence-corrected chi connectivity index (χ2v) is 21.4. The molecule has 5 fully saturated rings. The van der Waals surface area contributed by atoms with Crippen LogP contribution in [0.3, 0.4) is 0 Å². The third kappa shape index (κ3) is 8.38. The van der Waals surface area contributed by atoms with Gasteiger partial charge in [-0.25, -0.2) is 9.78 Å². The Kier molecular flexibility index (Phi) is 12.5.